The lowest BCUT2D eigenvalue weighted by atomic mass is 10.1. The number of carbonyl (C=O) groups excluding carboxylic acids is 2. The maximum absolute atomic E-state index is 14.0. The molecule has 2 heterocycles. The Bertz CT molecular complexity index is 585. The van der Waals surface area contributed by atoms with E-state index in [0.29, 0.717) is 19.0 Å². The summed E-state index contributed by atoms with van der Waals surface area (Å²) in [4.78, 5) is 27.0. The van der Waals surface area contributed by atoms with Crippen LogP contribution in [0.1, 0.15) is 12.8 Å². The van der Waals surface area contributed by atoms with Gasteiger partial charge in [0.25, 0.3) is 0 Å². The van der Waals surface area contributed by atoms with E-state index in [1.54, 1.807) is 0 Å². The van der Waals surface area contributed by atoms with Crippen LogP contribution in [-0.2, 0) is 9.59 Å². The highest BCUT2D eigenvalue weighted by Crippen LogP contribution is 2.34. The average Bonchev–Trinajstić information content (AvgIpc) is 2.83. The van der Waals surface area contributed by atoms with Crippen LogP contribution < -0.4 is 4.90 Å². The van der Waals surface area contributed by atoms with Gasteiger partial charge in [0.05, 0.1) is 5.69 Å². The number of carbonyl (C=O) groups is 2. The molecule has 4 nitrogen and oxygen atoms in total. The zero-order valence-corrected chi connectivity index (χ0v) is 12.0. The van der Waals surface area contributed by atoms with Crippen molar-refractivity contribution >= 4 is 33.4 Å². The summed E-state index contributed by atoms with van der Waals surface area (Å²) in [5.41, 5.74) is -0.0729. The summed E-state index contributed by atoms with van der Waals surface area (Å²) in [6, 6.07) is 1.27. The minimum Gasteiger partial charge on any atom is -0.329 e. The number of fused-ring (bicyclic) bond motifs is 1. The Kier molecular flexibility index (Phi) is 3.24. The van der Waals surface area contributed by atoms with E-state index in [9.17, 15) is 18.4 Å². The largest absolute Gasteiger partial charge is 0.329 e. The first-order chi connectivity index (χ1) is 9.49. The van der Waals surface area contributed by atoms with E-state index >= 15 is 0 Å². The standard InChI is InChI=1S/C13H11BrF2N2O2/c14-8-4-7(15)5-9(16)12(8)18-6-11(19)17-3-1-2-10(17)13(18)20/h4-5,10H,1-3,6H2. The van der Waals surface area contributed by atoms with Crippen molar-refractivity contribution in [2.24, 2.45) is 0 Å². The van der Waals surface area contributed by atoms with Crippen LogP contribution in [-0.4, -0.2) is 35.8 Å². The average molecular weight is 345 g/mol. The summed E-state index contributed by atoms with van der Waals surface area (Å²) >= 11 is 3.05. The maximum Gasteiger partial charge on any atom is 0.250 e. The molecule has 0 N–H and O–H groups in total. The molecule has 2 aliphatic heterocycles. The fraction of sp³-hybridized carbons (Fsp3) is 0.385. The molecule has 1 aromatic rings. The second-order valence-corrected chi connectivity index (χ2v) is 5.74. The summed E-state index contributed by atoms with van der Waals surface area (Å²) in [7, 11) is 0. The molecule has 3 rings (SSSR count). The van der Waals surface area contributed by atoms with Gasteiger partial charge in [0.15, 0.2) is 5.82 Å². The van der Waals surface area contributed by atoms with Crippen LogP contribution in [0.15, 0.2) is 16.6 Å². The number of hydrogen-bond acceptors (Lipinski definition) is 2. The normalized spacial score (nSPS) is 22.4. The lowest BCUT2D eigenvalue weighted by Gasteiger charge is -2.36. The Hall–Kier alpha value is -1.50. The molecular formula is C13H11BrF2N2O2. The molecule has 1 aromatic carbocycles. The van der Waals surface area contributed by atoms with Crippen LogP contribution in [0.25, 0.3) is 0 Å². The summed E-state index contributed by atoms with van der Waals surface area (Å²) in [5.74, 6) is -2.11. The van der Waals surface area contributed by atoms with Gasteiger partial charge in [0.2, 0.25) is 11.8 Å². The van der Waals surface area contributed by atoms with Gasteiger partial charge in [-0.05, 0) is 34.8 Å². The lowest BCUT2D eigenvalue weighted by molar-refractivity contribution is -0.140. The van der Waals surface area contributed by atoms with Crippen LogP contribution in [0.3, 0.4) is 0 Å². The van der Waals surface area contributed by atoms with Crippen molar-refractivity contribution in [1.29, 1.82) is 0 Å². The fourth-order valence-corrected chi connectivity index (χ4v) is 3.41. The molecule has 2 aliphatic rings. The molecule has 2 amide bonds. The fourth-order valence-electron chi connectivity index (χ4n) is 2.79. The highest BCUT2D eigenvalue weighted by atomic mass is 79.9. The molecule has 20 heavy (non-hydrogen) atoms. The molecule has 0 aromatic heterocycles. The molecule has 0 spiro atoms. The predicted octanol–water partition coefficient (Wildman–Crippen LogP) is 2.06. The second-order valence-electron chi connectivity index (χ2n) is 4.89. The van der Waals surface area contributed by atoms with Crippen LogP contribution in [0, 0.1) is 11.6 Å². The van der Waals surface area contributed by atoms with Crippen molar-refractivity contribution in [3.05, 3.63) is 28.2 Å². The summed E-state index contributed by atoms with van der Waals surface area (Å²) in [6.07, 6.45) is 1.35. The zero-order chi connectivity index (χ0) is 14.4. The van der Waals surface area contributed by atoms with Gasteiger partial charge in [-0.15, -0.1) is 0 Å². The van der Waals surface area contributed by atoms with Gasteiger partial charge < -0.3 is 4.90 Å². The molecule has 2 fully saturated rings. The molecule has 2 saturated heterocycles. The smallest absolute Gasteiger partial charge is 0.250 e. The van der Waals surface area contributed by atoms with Crippen molar-refractivity contribution in [1.82, 2.24) is 4.90 Å². The van der Waals surface area contributed by atoms with E-state index in [4.69, 9.17) is 0 Å². The van der Waals surface area contributed by atoms with Crippen LogP contribution in [0.4, 0.5) is 14.5 Å². The van der Waals surface area contributed by atoms with Crippen molar-refractivity contribution < 1.29 is 18.4 Å². The Morgan fingerprint density at radius 2 is 2.00 bits per heavy atom. The Balaban J connectivity index is 2.02. The monoisotopic (exact) mass is 344 g/mol. The topological polar surface area (TPSA) is 40.6 Å². The Morgan fingerprint density at radius 1 is 1.25 bits per heavy atom. The second kappa shape index (κ2) is 4.80. The highest BCUT2D eigenvalue weighted by Gasteiger charge is 2.43. The molecule has 0 saturated carbocycles. The third kappa shape index (κ3) is 2.00. The van der Waals surface area contributed by atoms with E-state index in [2.05, 4.69) is 15.9 Å². The molecular weight excluding hydrogens is 334 g/mol. The molecule has 7 heteroatoms. The van der Waals surface area contributed by atoms with Gasteiger partial charge in [0, 0.05) is 17.1 Å². The van der Waals surface area contributed by atoms with Gasteiger partial charge >= 0.3 is 0 Å². The highest BCUT2D eigenvalue weighted by molar-refractivity contribution is 9.10. The first-order valence-corrected chi connectivity index (χ1v) is 7.03. The molecule has 0 aliphatic carbocycles. The van der Waals surface area contributed by atoms with E-state index in [1.165, 1.54) is 4.90 Å². The third-order valence-corrected chi connectivity index (χ3v) is 4.27. The number of rotatable bonds is 1. The van der Waals surface area contributed by atoms with Crippen molar-refractivity contribution in [3.63, 3.8) is 0 Å². The first kappa shape index (κ1) is 13.5. The van der Waals surface area contributed by atoms with Gasteiger partial charge in [0.1, 0.15) is 18.4 Å². The first-order valence-electron chi connectivity index (χ1n) is 6.24. The lowest BCUT2D eigenvalue weighted by Crippen LogP contribution is -2.57. The number of hydrogen-bond donors (Lipinski definition) is 0. The Labute approximate surface area is 122 Å². The van der Waals surface area contributed by atoms with E-state index in [1.807, 2.05) is 0 Å². The number of anilines is 1. The maximum atomic E-state index is 14.0. The SMILES string of the molecule is O=C1C2CCCN2C(=O)CN1c1c(F)cc(F)cc1Br. The third-order valence-electron chi connectivity index (χ3n) is 3.67. The van der Waals surface area contributed by atoms with Crippen LogP contribution >= 0.6 is 15.9 Å². The quantitative estimate of drug-likeness (QED) is 0.782. The predicted molar refractivity (Wildman–Crippen MR) is 71.1 cm³/mol. The van der Waals surface area contributed by atoms with Crippen molar-refractivity contribution in [2.45, 2.75) is 18.9 Å². The molecule has 1 unspecified atom stereocenters. The van der Waals surface area contributed by atoms with Crippen LogP contribution in [0.2, 0.25) is 0 Å². The minimum atomic E-state index is -0.857. The van der Waals surface area contributed by atoms with E-state index < -0.39 is 17.7 Å². The number of piperazine rings is 1. The summed E-state index contributed by atoms with van der Waals surface area (Å²) in [6.45, 7) is 0.354. The molecule has 106 valence electrons. The van der Waals surface area contributed by atoms with Crippen LogP contribution in [0.5, 0.6) is 0 Å². The molecule has 1 atom stereocenters. The number of benzene rings is 1. The zero-order valence-electron chi connectivity index (χ0n) is 10.4. The van der Waals surface area contributed by atoms with E-state index in [0.717, 1.165) is 17.4 Å². The molecule has 0 bridgehead atoms. The van der Waals surface area contributed by atoms with Gasteiger partial charge in [-0.3, -0.25) is 14.5 Å². The van der Waals surface area contributed by atoms with Gasteiger partial charge in [-0.1, -0.05) is 0 Å². The van der Waals surface area contributed by atoms with Gasteiger partial charge in [-0.2, -0.15) is 0 Å². The number of nitrogens with zero attached hydrogens (tertiary/aromatic N) is 2. The minimum absolute atomic E-state index is 0.0729. The summed E-state index contributed by atoms with van der Waals surface area (Å²) in [5, 5.41) is 0. The molecule has 0 radical (unpaired) electrons. The Morgan fingerprint density at radius 3 is 2.70 bits per heavy atom. The number of amides is 2. The van der Waals surface area contributed by atoms with Crippen molar-refractivity contribution in [3.8, 4) is 0 Å². The van der Waals surface area contributed by atoms with Crippen molar-refractivity contribution in [2.75, 3.05) is 18.0 Å². The van der Waals surface area contributed by atoms with E-state index in [-0.39, 0.29) is 28.5 Å². The van der Waals surface area contributed by atoms with Gasteiger partial charge in [-0.25, -0.2) is 8.78 Å². The number of halogens is 3. The summed E-state index contributed by atoms with van der Waals surface area (Å²) < 4.78 is 27.2.